The number of hydrogen-bond donors (Lipinski definition) is 0. The summed E-state index contributed by atoms with van der Waals surface area (Å²) >= 11 is 0. The molecule has 8 nitrogen and oxygen atoms in total. The van der Waals surface area contributed by atoms with Gasteiger partial charge in [0.1, 0.15) is 0 Å². The van der Waals surface area contributed by atoms with Crippen molar-refractivity contribution in [2.75, 3.05) is 46.3 Å². The Morgan fingerprint density at radius 1 is 1.09 bits per heavy atom. The van der Waals surface area contributed by atoms with Gasteiger partial charge in [-0.1, -0.05) is 18.7 Å². The maximum absolute atomic E-state index is 12.9. The number of hydrogen-bond acceptors (Lipinski definition) is 5. The summed E-state index contributed by atoms with van der Waals surface area (Å²) in [5, 5.41) is 6.81. The van der Waals surface area contributed by atoms with Crippen molar-refractivity contribution in [1.29, 1.82) is 0 Å². The molecule has 1 aromatic heterocycles. The minimum absolute atomic E-state index is 0.276. The first-order chi connectivity index (χ1) is 15.6. The fourth-order valence-corrected chi connectivity index (χ4v) is 5.42. The van der Waals surface area contributed by atoms with E-state index < -0.39 is 0 Å². The van der Waals surface area contributed by atoms with Crippen LogP contribution in [-0.4, -0.2) is 87.8 Å². The zero-order chi connectivity index (χ0) is 21.7. The smallest absolute Gasteiger partial charge is 0.236 e. The van der Waals surface area contributed by atoms with E-state index in [4.69, 9.17) is 10.5 Å². The van der Waals surface area contributed by atoms with E-state index in [1.165, 1.54) is 43.4 Å². The van der Waals surface area contributed by atoms with Gasteiger partial charge in [-0.2, -0.15) is 0 Å². The molecule has 3 fully saturated rings. The van der Waals surface area contributed by atoms with Gasteiger partial charge in [0.2, 0.25) is 5.91 Å². The predicted molar refractivity (Wildman–Crippen MR) is 123 cm³/mol. The molecule has 5 aliphatic rings. The second-order valence-corrected chi connectivity index (χ2v) is 10.0. The number of allylic oxidation sites excluding steroid dienone is 3. The van der Waals surface area contributed by atoms with Gasteiger partial charge >= 0.3 is 0 Å². The molecule has 0 radical (unpaired) electrons. The molecule has 0 N–H and O–H groups in total. The van der Waals surface area contributed by atoms with Gasteiger partial charge in [-0.05, 0) is 49.1 Å². The van der Waals surface area contributed by atoms with E-state index in [1.807, 2.05) is 16.7 Å². The van der Waals surface area contributed by atoms with Gasteiger partial charge < -0.3 is 20.0 Å². The van der Waals surface area contributed by atoms with Crippen molar-refractivity contribution in [3.8, 4) is 0 Å². The quantitative estimate of drug-likeness (QED) is 0.709. The first kappa shape index (κ1) is 20.3. The Hall–Kier alpha value is -2.32. The van der Waals surface area contributed by atoms with Gasteiger partial charge in [0.05, 0.1) is 6.54 Å². The maximum atomic E-state index is 12.9. The Labute approximate surface area is 190 Å². The van der Waals surface area contributed by atoms with Crippen molar-refractivity contribution in [3.05, 3.63) is 40.7 Å². The number of carbonyl (C=O) groups excluding carboxylic acids is 1. The molecule has 4 heterocycles. The largest absolute Gasteiger partial charge is 0.373 e. The van der Waals surface area contributed by atoms with Gasteiger partial charge in [0.15, 0.2) is 0 Å². The van der Waals surface area contributed by atoms with Crippen LogP contribution >= 0.6 is 0 Å². The fraction of sp³-hybridized carbons (Fsp3) is 0.667. The molecule has 1 saturated heterocycles. The molecule has 32 heavy (non-hydrogen) atoms. The molecule has 0 spiro atoms. The number of amides is 1. The third-order valence-electron chi connectivity index (χ3n) is 7.81. The van der Waals surface area contributed by atoms with Crippen molar-refractivity contribution in [2.24, 2.45) is 5.92 Å². The minimum atomic E-state index is 0.276. The van der Waals surface area contributed by atoms with Gasteiger partial charge in [0.25, 0.3) is 0 Å². The topological polar surface area (TPSA) is 62.0 Å². The molecule has 2 aliphatic carbocycles. The third-order valence-corrected chi connectivity index (χ3v) is 7.81. The summed E-state index contributed by atoms with van der Waals surface area (Å²) in [5.74, 6) is 1.82. The highest BCUT2D eigenvalue weighted by Gasteiger charge is 2.31. The Balaban J connectivity index is 1.05. The van der Waals surface area contributed by atoms with Crippen LogP contribution in [-0.2, 0) is 17.8 Å². The third kappa shape index (κ3) is 3.94. The number of rotatable bonds is 5. The van der Waals surface area contributed by atoms with Crippen LogP contribution < -0.4 is 0 Å². The highest BCUT2D eigenvalue weighted by Crippen LogP contribution is 2.41. The van der Waals surface area contributed by atoms with Crippen LogP contribution in [0.4, 0.5) is 0 Å². The van der Waals surface area contributed by atoms with Crippen molar-refractivity contribution < 1.29 is 4.79 Å². The molecule has 1 amide bonds. The van der Waals surface area contributed by atoms with Crippen LogP contribution in [0.15, 0.2) is 24.0 Å². The average Bonchev–Trinajstić information content (AvgIpc) is 3.51. The zero-order valence-corrected chi connectivity index (χ0v) is 19.1. The lowest BCUT2D eigenvalue weighted by atomic mass is 9.91. The normalized spacial score (nSPS) is 25.0. The average molecular weight is 437 g/mol. The first-order valence-electron chi connectivity index (χ1n) is 12.3. The lowest BCUT2D eigenvalue weighted by Gasteiger charge is -2.43. The Morgan fingerprint density at radius 3 is 2.59 bits per heavy atom. The molecule has 2 saturated carbocycles. The first-order valence-corrected chi connectivity index (χ1v) is 12.3. The molecule has 0 aromatic carbocycles. The minimum Gasteiger partial charge on any atom is -0.373 e. The van der Waals surface area contributed by atoms with E-state index in [0.29, 0.717) is 12.5 Å². The van der Waals surface area contributed by atoms with E-state index in [0.717, 1.165) is 63.2 Å². The summed E-state index contributed by atoms with van der Waals surface area (Å²) < 4.78 is 1.91. The lowest BCUT2D eigenvalue weighted by Crippen LogP contribution is -2.55. The van der Waals surface area contributed by atoms with Crippen LogP contribution in [0, 0.1) is 5.92 Å². The van der Waals surface area contributed by atoms with Crippen LogP contribution in [0.25, 0.3) is 11.2 Å². The molecule has 6 rings (SSSR count). The van der Waals surface area contributed by atoms with E-state index in [1.54, 1.807) is 0 Å². The van der Waals surface area contributed by atoms with Gasteiger partial charge in [-0.15, -0.1) is 0 Å². The second-order valence-electron chi connectivity index (χ2n) is 10.0. The summed E-state index contributed by atoms with van der Waals surface area (Å²) in [6.07, 6.45) is 13.9. The monoisotopic (exact) mass is 436 g/mol. The maximum Gasteiger partial charge on any atom is 0.236 e. The molecule has 0 bridgehead atoms. The number of aromatic nitrogens is 2. The Bertz CT molecular complexity index is 934. The molecule has 1 aromatic rings. The van der Waals surface area contributed by atoms with Gasteiger partial charge in [0, 0.05) is 70.2 Å². The highest BCUT2D eigenvalue weighted by molar-refractivity contribution is 5.78. The lowest BCUT2D eigenvalue weighted by molar-refractivity contribution is -0.135. The van der Waals surface area contributed by atoms with Crippen molar-refractivity contribution >= 4 is 11.7 Å². The van der Waals surface area contributed by atoms with Crippen LogP contribution in [0.5, 0.6) is 0 Å². The van der Waals surface area contributed by atoms with E-state index >= 15 is 0 Å². The number of carbonyl (C=O) groups is 1. The Morgan fingerprint density at radius 2 is 1.91 bits per heavy atom. The summed E-state index contributed by atoms with van der Waals surface area (Å²) in [6.45, 7) is 6.03. The van der Waals surface area contributed by atoms with Crippen molar-refractivity contribution in [2.45, 2.75) is 51.1 Å². The second kappa shape index (κ2) is 8.23. The van der Waals surface area contributed by atoms with Gasteiger partial charge in [-0.3, -0.25) is 19.7 Å². The number of nitrogens with zero attached hydrogens (tertiary/aromatic N) is 7. The summed E-state index contributed by atoms with van der Waals surface area (Å²) in [6, 6.07) is 0.783. The van der Waals surface area contributed by atoms with Gasteiger partial charge in [-0.25, -0.2) is 0 Å². The predicted octanol–water partition coefficient (Wildman–Crippen LogP) is 2.26. The molecule has 8 heteroatoms. The fourth-order valence-electron chi connectivity index (χ4n) is 5.42. The zero-order valence-electron chi connectivity index (χ0n) is 19.1. The highest BCUT2D eigenvalue weighted by atomic mass is 16.2. The molecule has 0 unspecified atom stereocenters. The van der Waals surface area contributed by atoms with Crippen molar-refractivity contribution in [3.63, 3.8) is 0 Å². The van der Waals surface area contributed by atoms with Crippen LogP contribution in [0.2, 0.25) is 0 Å². The van der Waals surface area contributed by atoms with E-state index in [2.05, 4.69) is 33.0 Å². The molecule has 172 valence electrons. The summed E-state index contributed by atoms with van der Waals surface area (Å²) in [5.41, 5.74) is 8.41. The Kier molecular flexibility index (Phi) is 5.22. The molecular formula is C24H34N7O-. The van der Waals surface area contributed by atoms with Crippen LogP contribution in [0.3, 0.4) is 0 Å². The number of piperazine rings is 1. The standard InChI is InChI=1S/C24H34N7O/c1-27-22(18-5-6-18)7-8-23(26-27)31-16-19-15-28(10-9-21(19)25-31)17-24(32)30-13-11-29(12-14-30)20-3-2-4-20/h7-8,16,18,20H,2-6,9-15,17H2,1H3/q-1. The van der Waals surface area contributed by atoms with E-state index in [-0.39, 0.29) is 5.91 Å². The van der Waals surface area contributed by atoms with Crippen LogP contribution in [0.1, 0.15) is 43.4 Å². The van der Waals surface area contributed by atoms with Crippen molar-refractivity contribution in [1.82, 2.24) is 29.5 Å². The summed E-state index contributed by atoms with van der Waals surface area (Å²) in [7, 11) is 2.03. The molecule has 3 aliphatic heterocycles. The van der Waals surface area contributed by atoms with E-state index in [9.17, 15) is 4.79 Å². The molecule has 0 atom stereocenters. The molecular weight excluding hydrogens is 402 g/mol. The SMILES string of the molecule is CN1[N-]C(n2cc3c(n2)CCN(CC(=O)N2CCN(C4CCC4)CC2)C3)=CC=C1C1CC1. The number of fused-ring (bicyclic) bond motifs is 1. The summed E-state index contributed by atoms with van der Waals surface area (Å²) in [4.78, 5) is 19.9.